The van der Waals surface area contributed by atoms with E-state index in [2.05, 4.69) is 9.97 Å². The average Bonchev–Trinajstić information content (AvgIpc) is 2.31. The number of aromatic amines is 1. The Morgan fingerprint density at radius 2 is 2.16 bits per heavy atom. The van der Waals surface area contributed by atoms with Gasteiger partial charge >= 0.3 is 5.97 Å². The second-order valence-electron chi connectivity index (χ2n) is 4.41. The van der Waals surface area contributed by atoms with E-state index in [0.717, 1.165) is 6.54 Å². The first-order chi connectivity index (χ1) is 8.93. The molecule has 0 amide bonds. The van der Waals surface area contributed by atoms with Gasteiger partial charge in [0, 0.05) is 13.0 Å². The second kappa shape index (κ2) is 6.89. The molecule has 0 radical (unpaired) electrons. The molecule has 0 atom stereocenters. The van der Waals surface area contributed by atoms with E-state index in [4.69, 9.17) is 10.5 Å². The van der Waals surface area contributed by atoms with E-state index in [1.165, 1.54) is 0 Å². The SMILES string of the molecule is CCOC(=O)Cc1c(N)nc(CCN(C)C)[nH]c1=O. The van der Waals surface area contributed by atoms with Gasteiger partial charge in [0.2, 0.25) is 0 Å². The summed E-state index contributed by atoms with van der Waals surface area (Å²) in [4.78, 5) is 31.9. The number of carbonyl (C=O) groups excluding carboxylic acids is 1. The van der Waals surface area contributed by atoms with Gasteiger partial charge in [0.15, 0.2) is 0 Å². The molecule has 0 saturated heterocycles. The highest BCUT2D eigenvalue weighted by Crippen LogP contribution is 2.05. The fourth-order valence-corrected chi connectivity index (χ4v) is 1.54. The molecule has 0 saturated carbocycles. The molecule has 0 aliphatic rings. The minimum absolute atomic E-state index is 0.0885. The zero-order valence-corrected chi connectivity index (χ0v) is 11.5. The van der Waals surface area contributed by atoms with Crippen LogP contribution in [0, 0.1) is 0 Å². The van der Waals surface area contributed by atoms with Crippen LogP contribution < -0.4 is 11.3 Å². The molecule has 106 valence electrons. The van der Waals surface area contributed by atoms with Crippen LogP contribution in [0.25, 0.3) is 0 Å². The van der Waals surface area contributed by atoms with Crippen molar-refractivity contribution >= 4 is 11.8 Å². The van der Waals surface area contributed by atoms with Gasteiger partial charge < -0.3 is 20.4 Å². The summed E-state index contributed by atoms with van der Waals surface area (Å²) in [6.45, 7) is 2.72. The van der Waals surface area contributed by atoms with Crippen LogP contribution in [-0.4, -0.2) is 48.1 Å². The first-order valence-electron chi connectivity index (χ1n) is 6.12. The van der Waals surface area contributed by atoms with Crippen LogP contribution in [0.1, 0.15) is 18.3 Å². The number of esters is 1. The lowest BCUT2D eigenvalue weighted by Crippen LogP contribution is -2.25. The Kier molecular flexibility index (Phi) is 5.50. The van der Waals surface area contributed by atoms with Gasteiger partial charge in [0.1, 0.15) is 11.6 Å². The molecular weight excluding hydrogens is 248 g/mol. The Hall–Kier alpha value is -1.89. The maximum atomic E-state index is 11.8. The molecule has 0 aliphatic heterocycles. The molecule has 0 spiro atoms. The molecule has 7 heteroatoms. The van der Waals surface area contributed by atoms with Crippen molar-refractivity contribution in [1.29, 1.82) is 0 Å². The summed E-state index contributed by atoms with van der Waals surface area (Å²) in [5, 5.41) is 0. The number of aromatic nitrogens is 2. The number of likely N-dealkylation sites (N-methyl/N-ethyl adjacent to an activating group) is 1. The summed E-state index contributed by atoms with van der Waals surface area (Å²) in [7, 11) is 3.85. The summed E-state index contributed by atoms with van der Waals surface area (Å²) in [5.74, 6) is 0.122. The molecular formula is C12H20N4O3. The Morgan fingerprint density at radius 3 is 2.68 bits per heavy atom. The Morgan fingerprint density at radius 1 is 1.47 bits per heavy atom. The fourth-order valence-electron chi connectivity index (χ4n) is 1.54. The Balaban J connectivity index is 2.85. The van der Waals surface area contributed by atoms with Crippen LogP contribution >= 0.6 is 0 Å². The van der Waals surface area contributed by atoms with E-state index in [0.29, 0.717) is 12.2 Å². The van der Waals surface area contributed by atoms with E-state index >= 15 is 0 Å². The summed E-state index contributed by atoms with van der Waals surface area (Å²) in [6.07, 6.45) is 0.433. The number of carbonyl (C=O) groups is 1. The van der Waals surface area contributed by atoms with Crippen LogP contribution in [0.15, 0.2) is 4.79 Å². The first kappa shape index (κ1) is 15.2. The number of anilines is 1. The lowest BCUT2D eigenvalue weighted by Gasteiger charge is -2.10. The number of nitrogens with zero attached hydrogens (tertiary/aromatic N) is 2. The van der Waals surface area contributed by atoms with Gasteiger partial charge in [0.05, 0.1) is 18.6 Å². The van der Waals surface area contributed by atoms with Crippen molar-refractivity contribution in [2.75, 3.05) is 33.0 Å². The topological polar surface area (TPSA) is 101 Å². The Bertz CT molecular complexity index is 496. The lowest BCUT2D eigenvalue weighted by molar-refractivity contribution is -0.142. The van der Waals surface area contributed by atoms with Crippen molar-refractivity contribution in [3.63, 3.8) is 0 Å². The standard InChI is InChI=1S/C12H20N4O3/c1-4-19-10(17)7-8-11(13)14-9(15-12(8)18)5-6-16(2)3/h4-7H2,1-3H3,(H3,13,14,15,18). The van der Waals surface area contributed by atoms with Gasteiger partial charge in [-0.05, 0) is 21.0 Å². The number of hydrogen-bond donors (Lipinski definition) is 2. The smallest absolute Gasteiger partial charge is 0.310 e. The van der Waals surface area contributed by atoms with Crippen molar-refractivity contribution < 1.29 is 9.53 Å². The van der Waals surface area contributed by atoms with Crippen LogP contribution in [0.5, 0.6) is 0 Å². The normalized spacial score (nSPS) is 10.7. The van der Waals surface area contributed by atoms with E-state index in [-0.39, 0.29) is 30.0 Å². The van der Waals surface area contributed by atoms with Crippen LogP contribution in [0.2, 0.25) is 0 Å². The number of nitrogen functional groups attached to an aromatic ring is 1. The number of rotatable bonds is 6. The first-order valence-corrected chi connectivity index (χ1v) is 6.12. The summed E-state index contributed by atoms with van der Waals surface area (Å²) in [6, 6.07) is 0. The van der Waals surface area contributed by atoms with Gasteiger partial charge in [-0.2, -0.15) is 0 Å². The van der Waals surface area contributed by atoms with Crippen LogP contribution in [0.3, 0.4) is 0 Å². The summed E-state index contributed by atoms with van der Waals surface area (Å²) in [5.41, 5.74) is 5.50. The van der Waals surface area contributed by atoms with Gasteiger partial charge in [-0.1, -0.05) is 0 Å². The van der Waals surface area contributed by atoms with E-state index in [9.17, 15) is 9.59 Å². The number of hydrogen-bond acceptors (Lipinski definition) is 6. The van der Waals surface area contributed by atoms with Gasteiger partial charge in [-0.3, -0.25) is 9.59 Å². The lowest BCUT2D eigenvalue weighted by atomic mass is 10.2. The van der Waals surface area contributed by atoms with Crippen LogP contribution in [-0.2, 0) is 22.4 Å². The van der Waals surface area contributed by atoms with Crippen molar-refractivity contribution in [3.8, 4) is 0 Å². The summed E-state index contributed by atoms with van der Waals surface area (Å²) < 4.78 is 4.78. The maximum Gasteiger partial charge on any atom is 0.310 e. The van der Waals surface area contributed by atoms with Gasteiger partial charge in [-0.15, -0.1) is 0 Å². The molecule has 0 unspecified atom stereocenters. The monoisotopic (exact) mass is 268 g/mol. The summed E-state index contributed by atoms with van der Waals surface area (Å²) >= 11 is 0. The fraction of sp³-hybridized carbons (Fsp3) is 0.583. The molecule has 1 rings (SSSR count). The second-order valence-corrected chi connectivity index (χ2v) is 4.41. The number of nitrogens with one attached hydrogen (secondary N) is 1. The molecule has 1 aromatic heterocycles. The zero-order chi connectivity index (χ0) is 14.4. The Labute approximate surface area is 111 Å². The third kappa shape index (κ3) is 4.70. The van der Waals surface area contributed by atoms with E-state index in [1.807, 2.05) is 19.0 Å². The molecule has 1 heterocycles. The minimum Gasteiger partial charge on any atom is -0.466 e. The molecule has 7 nitrogen and oxygen atoms in total. The molecule has 19 heavy (non-hydrogen) atoms. The zero-order valence-electron chi connectivity index (χ0n) is 11.5. The van der Waals surface area contributed by atoms with E-state index < -0.39 is 5.97 Å². The van der Waals surface area contributed by atoms with E-state index in [1.54, 1.807) is 6.92 Å². The molecule has 0 fully saturated rings. The number of H-pyrrole nitrogens is 1. The largest absolute Gasteiger partial charge is 0.466 e. The van der Waals surface area contributed by atoms with Crippen LogP contribution in [0.4, 0.5) is 5.82 Å². The molecule has 1 aromatic rings. The quantitative estimate of drug-likeness (QED) is 0.678. The van der Waals surface area contributed by atoms with Crippen molar-refractivity contribution in [3.05, 3.63) is 21.7 Å². The third-order valence-corrected chi connectivity index (χ3v) is 2.52. The molecule has 0 bridgehead atoms. The highest BCUT2D eigenvalue weighted by atomic mass is 16.5. The molecule has 0 aromatic carbocycles. The maximum absolute atomic E-state index is 11.8. The van der Waals surface area contributed by atoms with Crippen molar-refractivity contribution in [2.24, 2.45) is 0 Å². The van der Waals surface area contributed by atoms with Gasteiger partial charge in [0.25, 0.3) is 5.56 Å². The predicted molar refractivity (Wildman–Crippen MR) is 71.9 cm³/mol. The predicted octanol–water partition coefficient (Wildman–Crippen LogP) is -0.438. The molecule has 3 N–H and O–H groups in total. The van der Waals surface area contributed by atoms with Gasteiger partial charge in [-0.25, -0.2) is 4.98 Å². The highest BCUT2D eigenvalue weighted by Gasteiger charge is 2.14. The van der Waals surface area contributed by atoms with Crippen molar-refractivity contribution in [2.45, 2.75) is 19.8 Å². The molecule has 0 aliphatic carbocycles. The average molecular weight is 268 g/mol. The number of nitrogens with two attached hydrogens (primary N) is 1. The van der Waals surface area contributed by atoms with Crippen molar-refractivity contribution in [1.82, 2.24) is 14.9 Å². The highest BCUT2D eigenvalue weighted by molar-refractivity contribution is 5.74. The third-order valence-electron chi connectivity index (χ3n) is 2.52. The number of ether oxygens (including phenoxy) is 1. The minimum atomic E-state index is -0.484.